The fraction of sp³-hybridized carbons (Fsp3) is 0.233. The Kier molecular flexibility index (Phi) is 13.5. The van der Waals surface area contributed by atoms with E-state index in [1.807, 2.05) is 36.5 Å². The number of aromatic nitrogens is 5. The first-order valence-corrected chi connectivity index (χ1v) is 31.2. The minimum absolute atomic E-state index is 0. The Balaban J connectivity index is 0.000000230. The van der Waals surface area contributed by atoms with E-state index in [1.165, 1.54) is 59.2 Å². The number of pyridine rings is 3. The van der Waals surface area contributed by atoms with Gasteiger partial charge in [-0.2, -0.15) is 0 Å². The molecule has 0 aliphatic heterocycles. The van der Waals surface area contributed by atoms with E-state index in [2.05, 4.69) is 172 Å². The molecule has 6 nitrogen and oxygen atoms in total. The van der Waals surface area contributed by atoms with Gasteiger partial charge in [-0.3, -0.25) is 9.97 Å². The minimum Gasteiger partial charge on any atom is 0 e. The summed E-state index contributed by atoms with van der Waals surface area (Å²) in [6.07, 6.45) is 12.4. The number of furan rings is 1. The van der Waals surface area contributed by atoms with Crippen molar-refractivity contribution in [3.63, 3.8) is 0 Å². The van der Waals surface area contributed by atoms with Gasteiger partial charge in [0.05, 0.1) is 22.6 Å². The zero-order valence-electron chi connectivity index (χ0n) is 40.2. The molecule has 5 heterocycles. The largest absolute Gasteiger partial charge is 0 e. The van der Waals surface area contributed by atoms with Crippen LogP contribution in [0.1, 0.15) is 80.3 Å². The third-order valence-corrected chi connectivity index (χ3v) is 17.6. The van der Waals surface area contributed by atoms with E-state index in [4.69, 9.17) is 24.4 Å². The number of nitrogens with zero attached hydrogens (tertiary/aromatic N) is 5. The predicted octanol–water partition coefficient (Wildman–Crippen LogP) is 15.0. The molecule has 68 heavy (non-hydrogen) atoms. The number of rotatable bonds is 8. The molecule has 0 saturated heterocycles. The van der Waals surface area contributed by atoms with Crippen molar-refractivity contribution >= 4 is 50.8 Å². The Morgan fingerprint density at radius 3 is 1.97 bits per heavy atom. The number of fused-ring (bicyclic) bond motifs is 5. The molecule has 10 aromatic rings. The summed E-state index contributed by atoms with van der Waals surface area (Å²) in [6.45, 7) is 11.1. The van der Waals surface area contributed by atoms with Crippen LogP contribution in [0.15, 0.2) is 144 Å². The molecule has 5 aromatic heterocycles. The fourth-order valence-corrected chi connectivity index (χ4v) is 13.3. The van der Waals surface area contributed by atoms with E-state index in [0.29, 0.717) is 5.71 Å². The van der Waals surface area contributed by atoms with Gasteiger partial charge in [-0.25, -0.2) is 0 Å². The molecule has 1 aliphatic carbocycles. The van der Waals surface area contributed by atoms with Gasteiger partial charge in [-0.05, 0) is 94.1 Å². The topological polar surface area (TPSA) is 69.6 Å². The summed E-state index contributed by atoms with van der Waals surface area (Å²) in [5, 5.41) is 1.95. The first kappa shape index (κ1) is 47.1. The summed E-state index contributed by atoms with van der Waals surface area (Å²) >= 11 is -1.83. The first-order chi connectivity index (χ1) is 32.4. The molecule has 343 valence electrons. The SMILES string of the molecule is Cc1nccc2nc(-c3[c-]nc4oc5ccc(-c6ccccc6)cc5c4c3)n(-c3c(C(C)C)cc(-c4ccccc4)cc3C(C)C)c12.[CH3][Ge]([CH3])([CH3])[c]1cnc(-c2[c-]cccc2)c2c1CCCC2.[Ir]. The van der Waals surface area contributed by atoms with E-state index in [-0.39, 0.29) is 31.9 Å². The monoisotopic (exact) mass is 1130 g/mol. The number of hydrogen-bond donors (Lipinski definition) is 0. The maximum Gasteiger partial charge on any atom is 0 e. The summed E-state index contributed by atoms with van der Waals surface area (Å²) in [7, 11) is 0. The second-order valence-corrected chi connectivity index (χ2v) is 30.2. The average molecular weight is 1130 g/mol. The standard InChI is InChI=1S/C42H35N4O.C18H22GeN.Ir/c1-25(2)33-21-31(29-14-10-7-11-15-29)22-34(26(3)4)40(33)46-39-27(5)43-19-18-37(39)45-41(46)32-23-36-35-20-30(28-12-8-6-9-13-28)16-17-38(35)47-42(36)44-24-32;1-19(2,3)17-13-20-18(14-9-5-4-6-10-14)16-12-8-7-11-15(16)17;/h6-23,25-26H,1-5H3;4-6,9,13H,7-8,11-12H2,1-3H3;/q2*-1;. The van der Waals surface area contributed by atoms with Crippen LogP contribution in [-0.4, -0.2) is 37.8 Å². The van der Waals surface area contributed by atoms with Gasteiger partial charge in [0.1, 0.15) is 11.3 Å². The summed E-state index contributed by atoms with van der Waals surface area (Å²) in [5.41, 5.74) is 18.8. The average Bonchev–Trinajstić information content (AvgIpc) is 3.92. The van der Waals surface area contributed by atoms with E-state index in [0.717, 1.165) is 66.8 Å². The Morgan fingerprint density at radius 2 is 1.32 bits per heavy atom. The van der Waals surface area contributed by atoms with Crippen molar-refractivity contribution in [2.24, 2.45) is 0 Å². The molecule has 0 bridgehead atoms. The van der Waals surface area contributed by atoms with Gasteiger partial charge in [-0.1, -0.05) is 100.0 Å². The molecule has 0 N–H and O–H groups in total. The van der Waals surface area contributed by atoms with Crippen molar-refractivity contribution in [1.82, 2.24) is 24.5 Å². The van der Waals surface area contributed by atoms with E-state index < -0.39 is 13.3 Å². The molecule has 0 unspecified atom stereocenters. The molecular formula is C60H57GeIrN5O-2. The maximum atomic E-state index is 6.20. The molecule has 0 saturated carbocycles. The van der Waals surface area contributed by atoms with Crippen molar-refractivity contribution < 1.29 is 24.5 Å². The van der Waals surface area contributed by atoms with Gasteiger partial charge in [0, 0.05) is 37.4 Å². The smallest absolute Gasteiger partial charge is 0 e. The van der Waals surface area contributed by atoms with Crippen LogP contribution in [0.5, 0.6) is 0 Å². The third kappa shape index (κ3) is 9.04. The number of benzene rings is 5. The number of hydrogen-bond acceptors (Lipinski definition) is 5. The fourth-order valence-electron chi connectivity index (χ4n) is 9.90. The summed E-state index contributed by atoms with van der Waals surface area (Å²) < 4.78 is 10.1. The van der Waals surface area contributed by atoms with Crippen LogP contribution >= 0.6 is 0 Å². The van der Waals surface area contributed by atoms with Crippen molar-refractivity contribution in [2.75, 3.05) is 0 Å². The third-order valence-electron chi connectivity index (χ3n) is 13.3. The van der Waals surface area contributed by atoms with Gasteiger partial charge in [0.25, 0.3) is 0 Å². The molecule has 0 amide bonds. The summed E-state index contributed by atoms with van der Waals surface area (Å²) in [5.74, 6) is 8.72. The van der Waals surface area contributed by atoms with Gasteiger partial charge in [-0.15, -0.1) is 6.07 Å². The Bertz CT molecular complexity index is 3380. The van der Waals surface area contributed by atoms with Crippen LogP contribution in [0.25, 0.3) is 83.7 Å². The van der Waals surface area contributed by atoms with Crippen molar-refractivity contribution in [2.45, 2.75) is 89.4 Å². The minimum atomic E-state index is -1.83. The maximum absolute atomic E-state index is 6.20. The molecule has 1 radical (unpaired) electrons. The molecule has 5 aromatic carbocycles. The summed E-state index contributed by atoms with van der Waals surface area (Å²) in [4.78, 5) is 19.6. The Morgan fingerprint density at radius 1 is 0.662 bits per heavy atom. The van der Waals surface area contributed by atoms with E-state index in [9.17, 15) is 0 Å². The molecule has 11 rings (SSSR count). The van der Waals surface area contributed by atoms with Gasteiger partial charge >= 0.3 is 125 Å². The second kappa shape index (κ2) is 19.6. The Hall–Kier alpha value is -5.99. The number of aryl methyl sites for hydroxylation is 1. The van der Waals surface area contributed by atoms with Crippen molar-refractivity contribution in [3.8, 4) is 50.6 Å². The molecule has 0 atom stereocenters. The van der Waals surface area contributed by atoms with Crippen molar-refractivity contribution in [3.05, 3.63) is 180 Å². The van der Waals surface area contributed by atoms with Crippen LogP contribution in [0.3, 0.4) is 0 Å². The normalized spacial score (nSPS) is 12.6. The van der Waals surface area contributed by atoms with Crippen LogP contribution < -0.4 is 4.40 Å². The zero-order chi connectivity index (χ0) is 46.4. The van der Waals surface area contributed by atoms with Crippen LogP contribution in [0, 0.1) is 19.2 Å². The predicted molar refractivity (Wildman–Crippen MR) is 280 cm³/mol. The second-order valence-electron chi connectivity index (χ2n) is 19.6. The molecule has 0 spiro atoms. The zero-order valence-corrected chi connectivity index (χ0v) is 44.7. The molecule has 0 fully saturated rings. The van der Waals surface area contributed by atoms with Gasteiger partial charge < -0.3 is 14.0 Å². The summed E-state index contributed by atoms with van der Waals surface area (Å²) in [6, 6.07) is 47.8. The van der Waals surface area contributed by atoms with Crippen LogP contribution in [0.4, 0.5) is 0 Å². The van der Waals surface area contributed by atoms with Gasteiger partial charge in [0.2, 0.25) is 0 Å². The Labute approximate surface area is 417 Å². The first-order valence-electron chi connectivity index (χ1n) is 23.8. The van der Waals surface area contributed by atoms with E-state index >= 15 is 0 Å². The number of imidazole rings is 1. The molecular weight excluding hydrogens is 1070 g/mol. The van der Waals surface area contributed by atoms with Crippen molar-refractivity contribution in [1.29, 1.82) is 0 Å². The quantitative estimate of drug-likeness (QED) is 0.112. The molecule has 8 heteroatoms. The van der Waals surface area contributed by atoms with Gasteiger partial charge in [0.15, 0.2) is 0 Å². The molecule has 1 aliphatic rings. The van der Waals surface area contributed by atoms with Crippen LogP contribution in [0.2, 0.25) is 17.3 Å². The van der Waals surface area contributed by atoms with E-state index in [1.54, 1.807) is 9.96 Å². The van der Waals surface area contributed by atoms with Crippen LogP contribution in [-0.2, 0) is 32.9 Å².